The van der Waals surface area contributed by atoms with Crippen LogP contribution in [0.1, 0.15) is 27.6 Å². The molecule has 1 aromatic rings. The molecule has 0 fully saturated rings. The summed E-state index contributed by atoms with van der Waals surface area (Å²) in [5.41, 5.74) is 0.965. The molecule has 1 unspecified atom stereocenters. The van der Waals surface area contributed by atoms with Gasteiger partial charge in [0.1, 0.15) is 0 Å². The van der Waals surface area contributed by atoms with Gasteiger partial charge >= 0.3 is 0 Å². The summed E-state index contributed by atoms with van der Waals surface area (Å²) >= 11 is 5.72. The van der Waals surface area contributed by atoms with Crippen LogP contribution >= 0.6 is 11.6 Å². The van der Waals surface area contributed by atoms with Crippen molar-refractivity contribution in [2.24, 2.45) is 5.92 Å². The molecule has 1 aromatic carbocycles. The Morgan fingerprint density at radius 3 is 2.46 bits per heavy atom. The molecule has 66 valence electrons. The summed E-state index contributed by atoms with van der Waals surface area (Å²) in [5.74, 6) is -0.757. The second-order valence-corrected chi connectivity index (χ2v) is 3.58. The normalized spacial score (nSPS) is 20.6. The molecule has 1 aliphatic rings. The predicted octanol–water partition coefficient (Wildman–Crippen LogP) is 2.36. The number of carbonyl (C=O) groups is 2. The molecule has 1 atom stereocenters. The van der Waals surface area contributed by atoms with Gasteiger partial charge < -0.3 is 0 Å². The van der Waals surface area contributed by atoms with Crippen molar-refractivity contribution in [3.05, 3.63) is 34.3 Å². The summed E-state index contributed by atoms with van der Waals surface area (Å²) in [5, 5.41) is 0.494. The van der Waals surface area contributed by atoms with Crippen LogP contribution in [-0.2, 0) is 0 Å². The molecular weight excluding hydrogens is 188 g/mol. The third kappa shape index (κ3) is 1.10. The van der Waals surface area contributed by atoms with E-state index in [1.807, 2.05) is 0 Å². The van der Waals surface area contributed by atoms with Crippen molar-refractivity contribution < 1.29 is 9.59 Å². The molecule has 0 N–H and O–H groups in total. The van der Waals surface area contributed by atoms with Gasteiger partial charge in [-0.2, -0.15) is 0 Å². The van der Waals surface area contributed by atoms with Crippen LogP contribution in [0.5, 0.6) is 0 Å². The first-order chi connectivity index (χ1) is 6.11. The third-order valence-electron chi connectivity index (χ3n) is 2.30. The Hall–Kier alpha value is -1.15. The Morgan fingerprint density at radius 1 is 1.15 bits per heavy atom. The molecule has 13 heavy (non-hydrogen) atoms. The molecule has 0 amide bonds. The van der Waals surface area contributed by atoms with Crippen molar-refractivity contribution in [2.45, 2.75) is 6.92 Å². The lowest BCUT2D eigenvalue weighted by Crippen LogP contribution is -2.09. The molecule has 1 aliphatic carbocycles. The summed E-state index contributed by atoms with van der Waals surface area (Å²) in [7, 11) is 0. The maximum absolute atomic E-state index is 11.5. The average Bonchev–Trinajstić information content (AvgIpc) is 2.32. The van der Waals surface area contributed by atoms with E-state index < -0.39 is 5.92 Å². The molecule has 0 spiro atoms. The van der Waals surface area contributed by atoms with E-state index in [9.17, 15) is 9.59 Å². The fraction of sp³-hybridized carbons (Fsp3) is 0.200. The highest BCUT2D eigenvalue weighted by Crippen LogP contribution is 2.28. The SMILES string of the molecule is CC1C(=O)c2ccc(Cl)cc2C1=O. The van der Waals surface area contributed by atoms with Crippen LogP contribution in [-0.4, -0.2) is 11.6 Å². The number of halogens is 1. The number of Topliss-reactive ketones (excluding diaryl/α,β-unsaturated/α-hetero) is 2. The van der Waals surface area contributed by atoms with Gasteiger partial charge in [-0.15, -0.1) is 0 Å². The van der Waals surface area contributed by atoms with Crippen molar-refractivity contribution in [3.8, 4) is 0 Å². The van der Waals surface area contributed by atoms with Crippen LogP contribution in [0.25, 0.3) is 0 Å². The average molecular weight is 195 g/mol. The number of benzene rings is 1. The van der Waals surface area contributed by atoms with Crippen LogP contribution in [0.3, 0.4) is 0 Å². The zero-order valence-corrected chi connectivity index (χ0v) is 7.76. The zero-order valence-electron chi connectivity index (χ0n) is 7.00. The fourth-order valence-electron chi connectivity index (χ4n) is 1.52. The minimum atomic E-state index is -0.534. The summed E-state index contributed by atoms with van der Waals surface area (Å²) in [4.78, 5) is 22.9. The second-order valence-electron chi connectivity index (χ2n) is 3.14. The van der Waals surface area contributed by atoms with Crippen molar-refractivity contribution >= 4 is 23.2 Å². The first-order valence-corrected chi connectivity index (χ1v) is 4.37. The van der Waals surface area contributed by atoms with Crippen LogP contribution in [0.4, 0.5) is 0 Å². The Bertz CT molecular complexity index is 409. The van der Waals surface area contributed by atoms with Crippen molar-refractivity contribution in [1.29, 1.82) is 0 Å². The van der Waals surface area contributed by atoms with E-state index in [0.29, 0.717) is 16.1 Å². The third-order valence-corrected chi connectivity index (χ3v) is 2.53. The monoisotopic (exact) mass is 194 g/mol. The molecule has 0 radical (unpaired) electrons. The van der Waals surface area contributed by atoms with E-state index in [-0.39, 0.29) is 11.6 Å². The van der Waals surface area contributed by atoms with Gasteiger partial charge in [0.2, 0.25) is 0 Å². The number of hydrogen-bond donors (Lipinski definition) is 0. The van der Waals surface area contributed by atoms with Crippen LogP contribution < -0.4 is 0 Å². The lowest BCUT2D eigenvalue weighted by atomic mass is 10.1. The van der Waals surface area contributed by atoms with Crippen molar-refractivity contribution in [3.63, 3.8) is 0 Å². The van der Waals surface area contributed by atoms with E-state index in [1.165, 1.54) is 0 Å². The molecular formula is C10H7ClO2. The predicted molar refractivity (Wildman–Crippen MR) is 49.3 cm³/mol. The van der Waals surface area contributed by atoms with Gasteiger partial charge in [0, 0.05) is 16.1 Å². The summed E-state index contributed by atoms with van der Waals surface area (Å²) in [6.45, 7) is 1.62. The molecule has 0 bridgehead atoms. The molecule has 0 aromatic heterocycles. The topological polar surface area (TPSA) is 34.1 Å². The van der Waals surface area contributed by atoms with Crippen LogP contribution in [0.15, 0.2) is 18.2 Å². The highest BCUT2D eigenvalue weighted by molar-refractivity contribution is 6.33. The molecule has 0 aliphatic heterocycles. The Balaban J connectivity index is 2.67. The van der Waals surface area contributed by atoms with Gasteiger partial charge in [0.15, 0.2) is 11.6 Å². The number of fused-ring (bicyclic) bond motifs is 1. The molecule has 0 saturated carbocycles. The maximum Gasteiger partial charge on any atom is 0.174 e. The van der Waals surface area contributed by atoms with E-state index in [1.54, 1.807) is 25.1 Å². The standard InChI is InChI=1S/C10H7ClO2/c1-5-9(12)7-3-2-6(11)4-8(7)10(5)13/h2-5H,1H3. The van der Waals surface area contributed by atoms with Crippen LogP contribution in [0, 0.1) is 5.92 Å². The summed E-state index contributed by atoms with van der Waals surface area (Å²) in [6.07, 6.45) is 0. The number of carbonyl (C=O) groups excluding carboxylic acids is 2. The number of hydrogen-bond acceptors (Lipinski definition) is 2. The fourth-order valence-corrected chi connectivity index (χ4v) is 1.69. The Kier molecular flexibility index (Phi) is 1.74. The quantitative estimate of drug-likeness (QED) is 0.594. The van der Waals surface area contributed by atoms with E-state index >= 15 is 0 Å². The first-order valence-electron chi connectivity index (χ1n) is 3.99. The second kappa shape index (κ2) is 2.67. The number of ketones is 2. The molecule has 0 saturated heterocycles. The van der Waals surface area contributed by atoms with E-state index in [4.69, 9.17) is 11.6 Å². The van der Waals surface area contributed by atoms with Gasteiger partial charge in [-0.3, -0.25) is 9.59 Å². The van der Waals surface area contributed by atoms with E-state index in [0.717, 1.165) is 0 Å². The molecule has 2 nitrogen and oxygen atoms in total. The lowest BCUT2D eigenvalue weighted by molar-refractivity contribution is 0.0852. The van der Waals surface area contributed by atoms with E-state index in [2.05, 4.69) is 0 Å². The minimum absolute atomic E-state index is 0.100. The molecule has 2 rings (SSSR count). The van der Waals surface area contributed by atoms with Gasteiger partial charge in [0.05, 0.1) is 5.92 Å². The summed E-state index contributed by atoms with van der Waals surface area (Å²) < 4.78 is 0. The van der Waals surface area contributed by atoms with Crippen molar-refractivity contribution in [1.82, 2.24) is 0 Å². The van der Waals surface area contributed by atoms with Gasteiger partial charge in [0.25, 0.3) is 0 Å². The Morgan fingerprint density at radius 2 is 1.77 bits per heavy atom. The minimum Gasteiger partial charge on any atom is -0.293 e. The van der Waals surface area contributed by atoms with Gasteiger partial charge in [-0.1, -0.05) is 11.6 Å². The van der Waals surface area contributed by atoms with Crippen LogP contribution in [0.2, 0.25) is 5.02 Å². The summed E-state index contributed by atoms with van der Waals surface area (Å²) in [6, 6.07) is 4.80. The molecule has 0 heterocycles. The largest absolute Gasteiger partial charge is 0.293 e. The van der Waals surface area contributed by atoms with Gasteiger partial charge in [-0.25, -0.2) is 0 Å². The highest BCUT2D eigenvalue weighted by Gasteiger charge is 2.34. The maximum atomic E-state index is 11.5. The van der Waals surface area contributed by atoms with Gasteiger partial charge in [-0.05, 0) is 25.1 Å². The Labute approximate surface area is 80.5 Å². The smallest absolute Gasteiger partial charge is 0.174 e. The lowest BCUT2D eigenvalue weighted by Gasteiger charge is -1.94. The number of rotatable bonds is 0. The zero-order chi connectivity index (χ0) is 9.59. The highest BCUT2D eigenvalue weighted by atomic mass is 35.5. The molecule has 3 heteroatoms. The first kappa shape index (κ1) is 8.45. The van der Waals surface area contributed by atoms with Crippen molar-refractivity contribution in [2.75, 3.05) is 0 Å².